The number of piperidine rings is 1. The van der Waals surface area contributed by atoms with E-state index in [1.54, 1.807) is 12.5 Å². The topological polar surface area (TPSA) is 92.7 Å². The van der Waals surface area contributed by atoms with Crippen molar-refractivity contribution < 1.29 is 9.59 Å². The first-order valence-electron chi connectivity index (χ1n) is 10.4. The van der Waals surface area contributed by atoms with E-state index in [4.69, 9.17) is 5.73 Å². The zero-order valence-corrected chi connectivity index (χ0v) is 16.9. The third kappa shape index (κ3) is 4.36. The molecule has 5 rings (SSSR count). The van der Waals surface area contributed by atoms with Crippen LogP contribution in [-0.4, -0.2) is 51.8 Å². The van der Waals surface area contributed by atoms with Gasteiger partial charge in [0.25, 0.3) is 5.91 Å². The molecule has 1 atom stereocenters. The molecule has 0 aliphatic carbocycles. The van der Waals surface area contributed by atoms with E-state index in [0.29, 0.717) is 5.92 Å². The number of nitrogens with zero attached hydrogens (tertiary/aromatic N) is 3. The molecule has 4 heterocycles. The highest BCUT2D eigenvalue weighted by Gasteiger charge is 2.25. The number of carbonyl (C=O) groups excluding carboxylic acids is 2. The van der Waals surface area contributed by atoms with Gasteiger partial charge in [0.2, 0.25) is 5.91 Å². The minimum absolute atomic E-state index is 0.0139. The Bertz CT molecular complexity index is 1010. The molecule has 3 N–H and O–H groups in total. The predicted molar refractivity (Wildman–Crippen MR) is 115 cm³/mol. The van der Waals surface area contributed by atoms with Gasteiger partial charge in [0, 0.05) is 25.8 Å². The molecular formula is C23H27N5O2. The first kappa shape index (κ1) is 20.1. The zero-order chi connectivity index (χ0) is 20.9. The standard InChI is InChI=1S/C19H19N3O.C4H8N2O/c23-19(17-7-4-10-22-14-20-13-18(17)22)21-11-8-16(9-12-21)15-5-2-1-3-6-15;5-3-1-2-6-4(3)7/h1-7,10,13-14,16H,8-9,11-12H2;3H,1-2,5H2,(H,6,7). The van der Waals surface area contributed by atoms with Crippen LogP contribution in [0.1, 0.15) is 41.1 Å². The van der Waals surface area contributed by atoms with E-state index in [2.05, 4.69) is 34.6 Å². The molecule has 1 aromatic carbocycles. The molecule has 2 aromatic heterocycles. The van der Waals surface area contributed by atoms with E-state index in [-0.39, 0.29) is 17.9 Å². The minimum atomic E-state index is -0.236. The van der Waals surface area contributed by atoms with Gasteiger partial charge >= 0.3 is 0 Å². The third-order valence-electron chi connectivity index (χ3n) is 5.83. The van der Waals surface area contributed by atoms with Crippen molar-refractivity contribution in [3.8, 4) is 0 Å². The number of aromatic nitrogens is 2. The fourth-order valence-electron chi connectivity index (χ4n) is 4.05. The van der Waals surface area contributed by atoms with Gasteiger partial charge < -0.3 is 20.4 Å². The number of nitrogens with one attached hydrogen (secondary N) is 1. The van der Waals surface area contributed by atoms with Crippen LogP contribution in [0.4, 0.5) is 0 Å². The number of likely N-dealkylation sites (tertiary alicyclic amines) is 1. The lowest BCUT2D eigenvalue weighted by Crippen LogP contribution is -2.38. The van der Waals surface area contributed by atoms with Crippen molar-refractivity contribution in [2.75, 3.05) is 19.6 Å². The SMILES string of the molecule is NC1CCNC1=O.O=C(c1cccn2cncc12)N1CCC(c2ccccc2)CC1. The summed E-state index contributed by atoms with van der Waals surface area (Å²) >= 11 is 0. The Morgan fingerprint density at radius 1 is 1.07 bits per heavy atom. The second-order valence-corrected chi connectivity index (χ2v) is 7.77. The lowest BCUT2D eigenvalue weighted by atomic mass is 9.89. The first-order chi connectivity index (χ1) is 14.6. The highest BCUT2D eigenvalue weighted by Crippen LogP contribution is 2.28. The summed E-state index contributed by atoms with van der Waals surface area (Å²) in [4.78, 5) is 29.3. The molecule has 2 saturated heterocycles. The van der Waals surface area contributed by atoms with Gasteiger partial charge in [-0.15, -0.1) is 0 Å². The molecule has 156 valence electrons. The van der Waals surface area contributed by atoms with Gasteiger partial charge in [0.05, 0.1) is 29.6 Å². The van der Waals surface area contributed by atoms with Crippen molar-refractivity contribution >= 4 is 17.3 Å². The largest absolute Gasteiger partial charge is 0.355 e. The van der Waals surface area contributed by atoms with Gasteiger partial charge in [-0.1, -0.05) is 30.3 Å². The Hall–Kier alpha value is -3.19. The van der Waals surface area contributed by atoms with Gasteiger partial charge in [0.15, 0.2) is 0 Å². The van der Waals surface area contributed by atoms with Crippen molar-refractivity contribution in [1.82, 2.24) is 19.6 Å². The number of hydrogen-bond donors (Lipinski definition) is 2. The molecule has 0 radical (unpaired) electrons. The molecule has 7 heteroatoms. The Balaban J connectivity index is 0.000000265. The quantitative estimate of drug-likeness (QED) is 0.684. The van der Waals surface area contributed by atoms with Crippen LogP contribution in [0.3, 0.4) is 0 Å². The Morgan fingerprint density at radius 2 is 1.83 bits per heavy atom. The second-order valence-electron chi connectivity index (χ2n) is 7.77. The van der Waals surface area contributed by atoms with Crippen molar-refractivity contribution in [2.45, 2.75) is 31.2 Å². The highest BCUT2D eigenvalue weighted by molar-refractivity contribution is 6.00. The van der Waals surface area contributed by atoms with Crippen LogP contribution in [-0.2, 0) is 4.79 Å². The van der Waals surface area contributed by atoms with E-state index in [0.717, 1.165) is 50.0 Å². The van der Waals surface area contributed by atoms with E-state index in [1.165, 1.54) is 5.56 Å². The van der Waals surface area contributed by atoms with Crippen LogP contribution in [0.2, 0.25) is 0 Å². The number of nitrogens with two attached hydrogens (primary N) is 1. The Labute approximate surface area is 175 Å². The number of amides is 2. The maximum Gasteiger partial charge on any atom is 0.256 e. The second kappa shape index (κ2) is 9.09. The molecule has 0 spiro atoms. The number of imidazole rings is 1. The maximum atomic E-state index is 12.8. The number of pyridine rings is 1. The van der Waals surface area contributed by atoms with Crippen molar-refractivity contribution in [3.05, 3.63) is 72.3 Å². The summed E-state index contributed by atoms with van der Waals surface area (Å²) in [5.74, 6) is 0.661. The van der Waals surface area contributed by atoms with Crippen molar-refractivity contribution in [1.29, 1.82) is 0 Å². The van der Waals surface area contributed by atoms with Crippen LogP contribution in [0.15, 0.2) is 61.2 Å². The van der Waals surface area contributed by atoms with Gasteiger partial charge in [-0.2, -0.15) is 0 Å². The predicted octanol–water partition coefficient (Wildman–Crippen LogP) is 2.19. The van der Waals surface area contributed by atoms with E-state index >= 15 is 0 Å². The van der Waals surface area contributed by atoms with Crippen molar-refractivity contribution in [2.24, 2.45) is 5.73 Å². The molecule has 2 aliphatic rings. The molecule has 1 unspecified atom stereocenters. The zero-order valence-electron chi connectivity index (χ0n) is 16.9. The summed E-state index contributed by atoms with van der Waals surface area (Å²) in [6.07, 6.45) is 8.24. The summed E-state index contributed by atoms with van der Waals surface area (Å²) in [5, 5.41) is 2.61. The molecule has 0 bridgehead atoms. The number of benzene rings is 1. The molecule has 2 amide bonds. The van der Waals surface area contributed by atoms with Gasteiger partial charge in [0.1, 0.15) is 0 Å². The highest BCUT2D eigenvalue weighted by atomic mass is 16.2. The molecule has 0 saturated carbocycles. The van der Waals surface area contributed by atoms with E-state index < -0.39 is 0 Å². The fraction of sp³-hybridized carbons (Fsp3) is 0.348. The van der Waals surface area contributed by atoms with Gasteiger partial charge in [-0.25, -0.2) is 4.98 Å². The van der Waals surface area contributed by atoms with Crippen molar-refractivity contribution in [3.63, 3.8) is 0 Å². The Kier molecular flexibility index (Phi) is 6.09. The molecule has 7 nitrogen and oxygen atoms in total. The summed E-state index contributed by atoms with van der Waals surface area (Å²) in [6, 6.07) is 14.2. The average Bonchev–Trinajstić information content (AvgIpc) is 3.43. The molecule has 3 aromatic rings. The van der Waals surface area contributed by atoms with Crippen LogP contribution in [0.25, 0.3) is 5.52 Å². The number of hydrogen-bond acceptors (Lipinski definition) is 4. The Morgan fingerprint density at radius 3 is 2.47 bits per heavy atom. The van der Waals surface area contributed by atoms with E-state index in [1.807, 2.05) is 33.7 Å². The number of carbonyl (C=O) groups is 2. The summed E-state index contributed by atoms with van der Waals surface area (Å²) in [5.41, 5.74) is 8.27. The third-order valence-corrected chi connectivity index (χ3v) is 5.83. The van der Waals surface area contributed by atoms with Crippen LogP contribution in [0, 0.1) is 0 Å². The molecule has 2 fully saturated rings. The van der Waals surface area contributed by atoms with Crippen LogP contribution >= 0.6 is 0 Å². The molecular weight excluding hydrogens is 378 g/mol. The lowest BCUT2D eigenvalue weighted by molar-refractivity contribution is -0.120. The summed E-state index contributed by atoms with van der Waals surface area (Å²) < 4.78 is 1.89. The summed E-state index contributed by atoms with van der Waals surface area (Å²) in [6.45, 7) is 2.38. The average molecular weight is 406 g/mol. The van der Waals surface area contributed by atoms with E-state index in [9.17, 15) is 9.59 Å². The smallest absolute Gasteiger partial charge is 0.256 e. The maximum absolute atomic E-state index is 12.8. The first-order valence-corrected chi connectivity index (χ1v) is 10.4. The monoisotopic (exact) mass is 405 g/mol. The lowest BCUT2D eigenvalue weighted by Gasteiger charge is -2.32. The molecule has 30 heavy (non-hydrogen) atoms. The molecule has 2 aliphatic heterocycles. The number of rotatable bonds is 2. The minimum Gasteiger partial charge on any atom is -0.355 e. The van der Waals surface area contributed by atoms with Crippen LogP contribution in [0.5, 0.6) is 0 Å². The fourth-order valence-corrected chi connectivity index (χ4v) is 4.05. The number of fused-ring (bicyclic) bond motifs is 1. The van der Waals surface area contributed by atoms with Crippen LogP contribution < -0.4 is 11.1 Å². The van der Waals surface area contributed by atoms with Gasteiger partial charge in [-0.3, -0.25) is 9.59 Å². The van der Waals surface area contributed by atoms with Gasteiger partial charge in [-0.05, 0) is 42.9 Å². The summed E-state index contributed by atoms with van der Waals surface area (Å²) in [7, 11) is 0. The normalized spacial score (nSPS) is 19.3.